The van der Waals surface area contributed by atoms with Crippen LogP contribution in [0.25, 0.3) is 22.6 Å². The Labute approximate surface area is 164 Å². The van der Waals surface area contributed by atoms with Crippen LogP contribution in [-0.2, 0) is 6.54 Å². The van der Waals surface area contributed by atoms with E-state index < -0.39 is 0 Å². The molecule has 3 aromatic carbocycles. The number of fused-ring (bicyclic) bond motifs is 1. The van der Waals surface area contributed by atoms with Gasteiger partial charge in [-0.05, 0) is 35.4 Å². The lowest BCUT2D eigenvalue weighted by atomic mass is 10.0. The van der Waals surface area contributed by atoms with E-state index in [0.29, 0.717) is 11.1 Å². The van der Waals surface area contributed by atoms with Gasteiger partial charge in [0.05, 0.1) is 23.3 Å². The fraction of sp³-hybridized carbons (Fsp3) is 0.0400. The van der Waals surface area contributed by atoms with Gasteiger partial charge in [-0.3, -0.25) is 0 Å². The van der Waals surface area contributed by atoms with Gasteiger partial charge in [-0.25, -0.2) is 0 Å². The van der Waals surface area contributed by atoms with Crippen molar-refractivity contribution in [2.75, 3.05) is 0 Å². The lowest BCUT2D eigenvalue weighted by Crippen LogP contribution is -1.97. The fourth-order valence-corrected chi connectivity index (χ4v) is 3.39. The number of allylic oxidation sites excluding steroid dienone is 1. The quantitative estimate of drug-likeness (QED) is 0.444. The summed E-state index contributed by atoms with van der Waals surface area (Å²) in [6.45, 7) is 0.765. The van der Waals surface area contributed by atoms with Crippen molar-refractivity contribution in [3.05, 3.63) is 107 Å². The molecule has 0 fully saturated rings. The van der Waals surface area contributed by atoms with Crippen molar-refractivity contribution in [3.8, 4) is 12.1 Å². The summed E-state index contributed by atoms with van der Waals surface area (Å²) in [5.74, 6) is 0. The maximum Gasteiger partial charge on any atom is 0.0998 e. The molecule has 4 rings (SSSR count). The van der Waals surface area contributed by atoms with E-state index in [9.17, 15) is 5.26 Å². The predicted molar refractivity (Wildman–Crippen MR) is 112 cm³/mol. The summed E-state index contributed by atoms with van der Waals surface area (Å²) in [4.78, 5) is 0. The number of nitriles is 2. The second-order valence-electron chi connectivity index (χ2n) is 6.58. The smallest absolute Gasteiger partial charge is 0.0998 e. The molecule has 0 aliphatic rings. The van der Waals surface area contributed by atoms with Crippen LogP contribution in [0.2, 0.25) is 0 Å². The van der Waals surface area contributed by atoms with Crippen LogP contribution in [0.1, 0.15) is 22.3 Å². The van der Waals surface area contributed by atoms with E-state index in [2.05, 4.69) is 47.2 Å². The van der Waals surface area contributed by atoms with Gasteiger partial charge in [0.25, 0.3) is 0 Å². The largest absolute Gasteiger partial charge is 0.342 e. The molecule has 1 aromatic heterocycles. The Morgan fingerprint density at radius 1 is 0.893 bits per heavy atom. The molecule has 1 heterocycles. The topological polar surface area (TPSA) is 52.5 Å². The Hall–Kier alpha value is -4.08. The average Bonchev–Trinajstić information content (AvgIpc) is 3.10. The summed E-state index contributed by atoms with van der Waals surface area (Å²) in [6.07, 6.45) is 3.99. The van der Waals surface area contributed by atoms with Crippen LogP contribution in [0.4, 0.5) is 0 Å². The van der Waals surface area contributed by atoms with Crippen molar-refractivity contribution in [2.45, 2.75) is 6.54 Å². The van der Waals surface area contributed by atoms with Crippen molar-refractivity contribution in [1.82, 2.24) is 4.57 Å². The van der Waals surface area contributed by atoms with Crippen LogP contribution in [0, 0.1) is 22.7 Å². The van der Waals surface area contributed by atoms with Crippen LogP contribution in [-0.4, -0.2) is 4.57 Å². The van der Waals surface area contributed by atoms with Gasteiger partial charge in [0.1, 0.15) is 0 Å². The molecule has 0 amide bonds. The molecule has 3 nitrogen and oxygen atoms in total. The van der Waals surface area contributed by atoms with Gasteiger partial charge in [-0.2, -0.15) is 10.5 Å². The van der Waals surface area contributed by atoms with Gasteiger partial charge in [-0.1, -0.05) is 60.7 Å². The molecule has 3 heteroatoms. The average molecular weight is 359 g/mol. The zero-order valence-electron chi connectivity index (χ0n) is 15.2. The number of rotatable bonds is 4. The maximum atomic E-state index is 9.71. The van der Waals surface area contributed by atoms with E-state index in [1.54, 1.807) is 18.2 Å². The Balaban J connectivity index is 1.81. The molecular formula is C25H17N3. The van der Waals surface area contributed by atoms with Crippen molar-refractivity contribution >= 4 is 22.6 Å². The Kier molecular flexibility index (Phi) is 4.74. The minimum absolute atomic E-state index is 0.541. The van der Waals surface area contributed by atoms with Crippen LogP contribution >= 0.6 is 0 Å². The fourth-order valence-electron chi connectivity index (χ4n) is 3.39. The SMILES string of the molecule is N#C/C(=C/c1cn(Cc2ccccc2)c2ccccc12)c1cccc(C#N)c1. The summed E-state index contributed by atoms with van der Waals surface area (Å²) < 4.78 is 2.21. The van der Waals surface area contributed by atoms with Crippen LogP contribution < -0.4 is 0 Å². The number of nitrogens with zero attached hydrogens (tertiary/aromatic N) is 3. The first-order chi connectivity index (χ1) is 13.8. The van der Waals surface area contributed by atoms with Gasteiger partial charge in [0.2, 0.25) is 0 Å². The lowest BCUT2D eigenvalue weighted by Gasteiger charge is -2.05. The van der Waals surface area contributed by atoms with E-state index in [1.807, 2.05) is 42.5 Å². The number of para-hydroxylation sites is 1. The number of hydrogen-bond acceptors (Lipinski definition) is 2. The highest BCUT2D eigenvalue weighted by Crippen LogP contribution is 2.27. The molecule has 0 radical (unpaired) electrons. The molecule has 0 spiro atoms. The van der Waals surface area contributed by atoms with Crippen LogP contribution in [0.3, 0.4) is 0 Å². The minimum atomic E-state index is 0.541. The molecule has 0 aliphatic heterocycles. The summed E-state index contributed by atoms with van der Waals surface area (Å²) in [6, 6.07) is 30.1. The molecule has 0 N–H and O–H groups in total. The zero-order chi connectivity index (χ0) is 19.3. The molecule has 132 valence electrons. The Morgan fingerprint density at radius 3 is 2.46 bits per heavy atom. The minimum Gasteiger partial charge on any atom is -0.342 e. The first-order valence-electron chi connectivity index (χ1n) is 9.02. The monoisotopic (exact) mass is 359 g/mol. The van der Waals surface area contributed by atoms with Gasteiger partial charge >= 0.3 is 0 Å². The summed E-state index contributed by atoms with van der Waals surface area (Å²) in [5, 5.41) is 19.9. The first kappa shape index (κ1) is 17.3. The zero-order valence-corrected chi connectivity index (χ0v) is 15.2. The molecule has 0 saturated carbocycles. The van der Waals surface area contributed by atoms with E-state index in [4.69, 9.17) is 5.26 Å². The van der Waals surface area contributed by atoms with Crippen molar-refractivity contribution in [1.29, 1.82) is 10.5 Å². The molecule has 28 heavy (non-hydrogen) atoms. The van der Waals surface area contributed by atoms with Crippen molar-refractivity contribution in [2.24, 2.45) is 0 Å². The lowest BCUT2D eigenvalue weighted by molar-refractivity contribution is 0.836. The van der Waals surface area contributed by atoms with E-state index in [-0.39, 0.29) is 0 Å². The molecule has 4 aromatic rings. The summed E-state index contributed by atoms with van der Waals surface area (Å²) >= 11 is 0. The molecule has 0 atom stereocenters. The first-order valence-corrected chi connectivity index (χ1v) is 9.02. The molecule has 0 unspecified atom stereocenters. The van der Waals surface area contributed by atoms with E-state index >= 15 is 0 Å². The van der Waals surface area contributed by atoms with E-state index in [1.165, 1.54) is 5.56 Å². The highest BCUT2D eigenvalue weighted by molar-refractivity contribution is 5.98. The second kappa shape index (κ2) is 7.66. The maximum absolute atomic E-state index is 9.71. The Morgan fingerprint density at radius 2 is 1.68 bits per heavy atom. The van der Waals surface area contributed by atoms with Crippen molar-refractivity contribution in [3.63, 3.8) is 0 Å². The predicted octanol–water partition coefficient (Wildman–Crippen LogP) is 5.63. The van der Waals surface area contributed by atoms with Crippen LogP contribution in [0.5, 0.6) is 0 Å². The highest BCUT2D eigenvalue weighted by atomic mass is 15.0. The third-order valence-corrected chi connectivity index (χ3v) is 4.74. The third kappa shape index (κ3) is 3.43. The number of aromatic nitrogens is 1. The second-order valence-corrected chi connectivity index (χ2v) is 6.58. The summed E-state index contributed by atoms with van der Waals surface area (Å²) in [7, 11) is 0. The van der Waals surface area contributed by atoms with Crippen LogP contribution in [0.15, 0.2) is 85.1 Å². The standard InChI is InChI=1S/C25H17N3/c26-15-20-9-6-10-21(13-20)22(16-27)14-23-18-28(17-19-7-2-1-3-8-19)25-12-5-4-11-24(23)25/h1-14,18H,17H2/b22-14-. The van der Waals surface area contributed by atoms with Gasteiger partial charge < -0.3 is 4.57 Å². The normalized spacial score (nSPS) is 11.1. The number of benzene rings is 3. The van der Waals surface area contributed by atoms with Gasteiger partial charge in [0, 0.05) is 29.2 Å². The molecule has 0 saturated heterocycles. The molecular weight excluding hydrogens is 342 g/mol. The molecule has 0 bridgehead atoms. The number of hydrogen-bond donors (Lipinski definition) is 0. The van der Waals surface area contributed by atoms with Gasteiger partial charge in [-0.15, -0.1) is 0 Å². The Bertz CT molecular complexity index is 1250. The molecule has 0 aliphatic carbocycles. The van der Waals surface area contributed by atoms with E-state index in [0.717, 1.165) is 28.6 Å². The van der Waals surface area contributed by atoms with Gasteiger partial charge in [0.15, 0.2) is 0 Å². The summed E-state index contributed by atoms with van der Waals surface area (Å²) in [5.41, 5.74) is 5.18. The van der Waals surface area contributed by atoms with Crippen molar-refractivity contribution < 1.29 is 0 Å². The highest BCUT2D eigenvalue weighted by Gasteiger charge is 2.09. The third-order valence-electron chi connectivity index (χ3n) is 4.74.